The van der Waals surface area contributed by atoms with Gasteiger partial charge in [0.05, 0.1) is 12.2 Å². The fourth-order valence-electron chi connectivity index (χ4n) is 1.61. The maximum absolute atomic E-state index is 6.13. The van der Waals surface area contributed by atoms with Gasteiger partial charge in [-0.15, -0.1) is 0 Å². The Kier molecular flexibility index (Phi) is 6.69. The van der Waals surface area contributed by atoms with Gasteiger partial charge in [-0.1, -0.05) is 44.5 Å². The van der Waals surface area contributed by atoms with Crippen LogP contribution in [-0.2, 0) is 4.74 Å². The first kappa shape index (κ1) is 15.5. The van der Waals surface area contributed by atoms with E-state index in [-0.39, 0.29) is 12.2 Å². The summed E-state index contributed by atoms with van der Waals surface area (Å²) in [5, 5.41) is 4.11. The van der Waals surface area contributed by atoms with Crippen LogP contribution in [-0.4, -0.2) is 19.2 Å². The highest BCUT2D eigenvalue weighted by Crippen LogP contribution is 2.22. The number of hydrogen-bond donors (Lipinski definition) is 1. The molecule has 1 N–H and O–H groups in total. The van der Waals surface area contributed by atoms with Crippen molar-refractivity contribution in [3.63, 3.8) is 0 Å². The molecule has 0 fully saturated rings. The Hall–Kier alpha value is -0.570. The third kappa shape index (κ3) is 4.97. The quantitative estimate of drug-likeness (QED) is 0.806. The van der Waals surface area contributed by atoms with Gasteiger partial charge in [0.2, 0.25) is 0 Å². The summed E-state index contributed by atoms with van der Waals surface area (Å²) < 4.78 is 6.13. The lowest BCUT2D eigenvalue weighted by molar-refractivity contribution is -0.0257. The Labute approximate surface area is 116 Å². The van der Waals surface area contributed by atoms with E-state index >= 15 is 0 Å². The van der Waals surface area contributed by atoms with E-state index in [2.05, 4.69) is 33.0 Å². The molecule has 2 unspecified atom stereocenters. The van der Waals surface area contributed by atoms with E-state index in [9.17, 15) is 0 Å². The van der Waals surface area contributed by atoms with Gasteiger partial charge in [0.15, 0.2) is 0 Å². The second kappa shape index (κ2) is 7.78. The number of ether oxygens (including phenoxy) is 1. The summed E-state index contributed by atoms with van der Waals surface area (Å²) in [5.41, 5.74) is 1.17. The standard InChI is InChI=1S/C15H24ClNO/c1-5-17-10-15(18-12(4)11(2)3)13-6-8-14(16)9-7-13/h6-9,11-12,15,17H,5,10H2,1-4H3. The number of hydrogen-bond acceptors (Lipinski definition) is 2. The Bertz CT molecular complexity index is 337. The van der Waals surface area contributed by atoms with Crippen LogP contribution >= 0.6 is 11.6 Å². The van der Waals surface area contributed by atoms with E-state index in [1.54, 1.807) is 0 Å². The van der Waals surface area contributed by atoms with Gasteiger partial charge in [0, 0.05) is 11.6 Å². The van der Waals surface area contributed by atoms with Crippen molar-refractivity contribution in [2.24, 2.45) is 5.92 Å². The maximum Gasteiger partial charge on any atom is 0.0952 e. The number of benzene rings is 1. The first-order valence-corrected chi connectivity index (χ1v) is 7.04. The van der Waals surface area contributed by atoms with Crippen molar-refractivity contribution in [2.75, 3.05) is 13.1 Å². The summed E-state index contributed by atoms with van der Waals surface area (Å²) in [7, 11) is 0. The van der Waals surface area contributed by atoms with Crippen molar-refractivity contribution in [1.29, 1.82) is 0 Å². The summed E-state index contributed by atoms with van der Waals surface area (Å²) in [5.74, 6) is 0.515. The Morgan fingerprint density at radius 1 is 1.17 bits per heavy atom. The molecule has 0 saturated heterocycles. The predicted molar refractivity (Wildman–Crippen MR) is 78.1 cm³/mol. The maximum atomic E-state index is 6.13. The SMILES string of the molecule is CCNCC(OC(C)C(C)C)c1ccc(Cl)cc1. The monoisotopic (exact) mass is 269 g/mol. The zero-order valence-electron chi connectivity index (χ0n) is 11.7. The van der Waals surface area contributed by atoms with Gasteiger partial charge in [-0.2, -0.15) is 0 Å². The van der Waals surface area contributed by atoms with Gasteiger partial charge in [0.25, 0.3) is 0 Å². The molecule has 0 amide bonds. The largest absolute Gasteiger partial charge is 0.369 e. The zero-order chi connectivity index (χ0) is 13.5. The zero-order valence-corrected chi connectivity index (χ0v) is 12.5. The Balaban J connectivity index is 2.73. The molecule has 0 saturated carbocycles. The van der Waals surface area contributed by atoms with E-state index in [1.165, 1.54) is 5.56 Å². The van der Waals surface area contributed by atoms with Crippen molar-refractivity contribution >= 4 is 11.6 Å². The van der Waals surface area contributed by atoms with Gasteiger partial charge in [-0.3, -0.25) is 0 Å². The minimum absolute atomic E-state index is 0.0830. The molecule has 3 heteroatoms. The van der Waals surface area contributed by atoms with E-state index in [1.807, 2.05) is 24.3 Å². The molecular formula is C15H24ClNO. The molecule has 2 nitrogen and oxygen atoms in total. The molecule has 0 bridgehead atoms. The lowest BCUT2D eigenvalue weighted by Crippen LogP contribution is -2.27. The van der Waals surface area contributed by atoms with Crippen molar-refractivity contribution in [1.82, 2.24) is 5.32 Å². The number of nitrogens with one attached hydrogen (secondary N) is 1. The molecule has 1 aromatic carbocycles. The minimum atomic E-state index is 0.0830. The van der Waals surface area contributed by atoms with E-state index in [0.717, 1.165) is 18.1 Å². The van der Waals surface area contributed by atoms with Crippen LogP contribution in [0.4, 0.5) is 0 Å². The highest BCUT2D eigenvalue weighted by Gasteiger charge is 2.17. The first-order chi connectivity index (χ1) is 8.54. The van der Waals surface area contributed by atoms with Gasteiger partial charge in [-0.05, 0) is 37.1 Å². The summed E-state index contributed by atoms with van der Waals surface area (Å²) in [6.07, 6.45) is 0.323. The van der Waals surface area contributed by atoms with Crippen LogP contribution in [0, 0.1) is 5.92 Å². The first-order valence-electron chi connectivity index (χ1n) is 6.66. The second-order valence-electron chi connectivity index (χ2n) is 4.93. The highest BCUT2D eigenvalue weighted by molar-refractivity contribution is 6.30. The highest BCUT2D eigenvalue weighted by atomic mass is 35.5. The number of rotatable bonds is 7. The minimum Gasteiger partial charge on any atom is -0.369 e. The Morgan fingerprint density at radius 2 is 1.78 bits per heavy atom. The molecule has 0 aromatic heterocycles. The molecule has 2 atom stereocenters. The van der Waals surface area contributed by atoms with Crippen LogP contribution in [0.2, 0.25) is 5.02 Å². The molecule has 1 rings (SSSR count). The van der Waals surface area contributed by atoms with Crippen LogP contribution in [0.5, 0.6) is 0 Å². The molecule has 0 aliphatic heterocycles. The number of likely N-dealkylation sites (N-methyl/N-ethyl adjacent to an activating group) is 1. The molecule has 102 valence electrons. The van der Waals surface area contributed by atoms with E-state index in [0.29, 0.717) is 5.92 Å². The lowest BCUT2D eigenvalue weighted by atomic mass is 10.1. The van der Waals surface area contributed by atoms with Gasteiger partial charge in [0.1, 0.15) is 0 Å². The molecule has 18 heavy (non-hydrogen) atoms. The average molecular weight is 270 g/mol. The second-order valence-corrected chi connectivity index (χ2v) is 5.37. The molecule has 0 heterocycles. The molecule has 0 radical (unpaired) electrons. The molecule has 0 aliphatic rings. The van der Waals surface area contributed by atoms with Gasteiger partial charge in [-0.25, -0.2) is 0 Å². The van der Waals surface area contributed by atoms with Gasteiger partial charge >= 0.3 is 0 Å². The van der Waals surface area contributed by atoms with Crippen LogP contribution in [0.1, 0.15) is 39.4 Å². The molecule has 0 aliphatic carbocycles. The molecule has 1 aromatic rings. The van der Waals surface area contributed by atoms with Crippen molar-refractivity contribution in [2.45, 2.75) is 39.9 Å². The van der Waals surface area contributed by atoms with Crippen LogP contribution in [0.15, 0.2) is 24.3 Å². The van der Waals surface area contributed by atoms with Crippen LogP contribution < -0.4 is 5.32 Å². The summed E-state index contributed by atoms with van der Waals surface area (Å²) in [6.45, 7) is 10.4. The topological polar surface area (TPSA) is 21.3 Å². The lowest BCUT2D eigenvalue weighted by Gasteiger charge is -2.25. The number of halogens is 1. The van der Waals surface area contributed by atoms with Crippen LogP contribution in [0.25, 0.3) is 0 Å². The van der Waals surface area contributed by atoms with Crippen molar-refractivity contribution in [3.8, 4) is 0 Å². The van der Waals surface area contributed by atoms with E-state index < -0.39 is 0 Å². The Morgan fingerprint density at radius 3 is 2.28 bits per heavy atom. The smallest absolute Gasteiger partial charge is 0.0952 e. The van der Waals surface area contributed by atoms with Crippen LogP contribution in [0.3, 0.4) is 0 Å². The fraction of sp³-hybridized carbons (Fsp3) is 0.600. The van der Waals surface area contributed by atoms with Crippen molar-refractivity contribution in [3.05, 3.63) is 34.9 Å². The fourth-order valence-corrected chi connectivity index (χ4v) is 1.74. The predicted octanol–water partition coefficient (Wildman–Crippen LogP) is 4.05. The molecule has 0 spiro atoms. The summed E-state index contributed by atoms with van der Waals surface area (Å²) >= 11 is 5.92. The molecular weight excluding hydrogens is 246 g/mol. The summed E-state index contributed by atoms with van der Waals surface area (Å²) in [4.78, 5) is 0. The van der Waals surface area contributed by atoms with Gasteiger partial charge < -0.3 is 10.1 Å². The average Bonchev–Trinajstić information content (AvgIpc) is 2.35. The van der Waals surface area contributed by atoms with E-state index in [4.69, 9.17) is 16.3 Å². The van der Waals surface area contributed by atoms with Crippen molar-refractivity contribution < 1.29 is 4.74 Å². The normalized spacial score (nSPS) is 14.8. The summed E-state index contributed by atoms with van der Waals surface area (Å²) in [6, 6.07) is 7.91. The third-order valence-corrected chi connectivity index (χ3v) is 3.39. The third-order valence-electron chi connectivity index (χ3n) is 3.14.